The fraction of sp³-hybridized carbons (Fsp3) is 0.567. The third kappa shape index (κ3) is 8.00. The van der Waals surface area contributed by atoms with E-state index in [0.717, 1.165) is 39.5 Å². The molecule has 0 bridgehead atoms. The molecule has 3 rings (SSSR count). The summed E-state index contributed by atoms with van der Waals surface area (Å²) in [6.45, 7) is 19.7. The normalized spacial score (nSPS) is 14.2. The highest BCUT2D eigenvalue weighted by molar-refractivity contribution is 5.89. The second-order valence-corrected chi connectivity index (χ2v) is 12.1. The van der Waals surface area contributed by atoms with Crippen molar-refractivity contribution in [3.05, 3.63) is 46.8 Å². The summed E-state index contributed by atoms with van der Waals surface area (Å²) >= 11 is 0. The average Bonchev–Trinajstić information content (AvgIpc) is 2.81. The van der Waals surface area contributed by atoms with Crippen LogP contribution in [0.2, 0.25) is 0 Å². The van der Waals surface area contributed by atoms with Gasteiger partial charge in [-0.05, 0) is 86.1 Å². The van der Waals surface area contributed by atoms with Gasteiger partial charge in [0.1, 0.15) is 17.0 Å². The topological polar surface area (TPSA) is 84.4 Å². The Kier molecular flexibility index (Phi) is 9.03. The predicted molar refractivity (Wildman–Crippen MR) is 154 cm³/mol. The van der Waals surface area contributed by atoms with Crippen molar-refractivity contribution in [2.45, 2.75) is 80.1 Å². The van der Waals surface area contributed by atoms with Crippen molar-refractivity contribution in [1.82, 2.24) is 9.88 Å². The lowest BCUT2D eigenvalue weighted by Crippen LogP contribution is -2.50. The summed E-state index contributed by atoms with van der Waals surface area (Å²) in [5.41, 5.74) is 4.08. The van der Waals surface area contributed by atoms with Gasteiger partial charge in [-0.15, -0.1) is 0 Å². The summed E-state index contributed by atoms with van der Waals surface area (Å²) in [7, 11) is 1.64. The van der Waals surface area contributed by atoms with Gasteiger partial charge in [-0.25, -0.2) is 9.59 Å². The van der Waals surface area contributed by atoms with Gasteiger partial charge >= 0.3 is 12.2 Å². The third-order valence-corrected chi connectivity index (χ3v) is 6.33. The van der Waals surface area contributed by atoms with Gasteiger partial charge in [0.2, 0.25) is 0 Å². The smallest absolute Gasteiger partial charge is 0.415 e. The molecule has 0 N–H and O–H groups in total. The van der Waals surface area contributed by atoms with E-state index in [0.29, 0.717) is 26.2 Å². The van der Waals surface area contributed by atoms with E-state index >= 15 is 0 Å². The highest BCUT2D eigenvalue weighted by Crippen LogP contribution is 2.31. The van der Waals surface area contributed by atoms with E-state index in [-0.39, 0.29) is 12.6 Å². The van der Waals surface area contributed by atoms with E-state index in [4.69, 9.17) is 14.2 Å². The van der Waals surface area contributed by atoms with Crippen LogP contribution in [-0.2, 0) is 16.0 Å². The Morgan fingerprint density at radius 1 is 0.923 bits per heavy atom. The Balaban J connectivity index is 1.90. The zero-order valence-corrected chi connectivity index (χ0v) is 25.2. The maximum atomic E-state index is 13.5. The number of anilines is 2. The van der Waals surface area contributed by atoms with E-state index < -0.39 is 17.3 Å². The van der Waals surface area contributed by atoms with E-state index in [9.17, 15) is 9.59 Å². The number of methoxy groups -OCH3 is 1. The third-order valence-electron chi connectivity index (χ3n) is 6.33. The number of benzene rings is 1. The van der Waals surface area contributed by atoms with Gasteiger partial charge in [0, 0.05) is 54.9 Å². The first-order valence-electron chi connectivity index (χ1n) is 13.4. The molecule has 1 aromatic carbocycles. The van der Waals surface area contributed by atoms with E-state index in [1.807, 2.05) is 74.4 Å². The van der Waals surface area contributed by atoms with Crippen molar-refractivity contribution in [3.8, 4) is 5.75 Å². The number of aromatic nitrogens is 1. The lowest BCUT2D eigenvalue weighted by atomic mass is 10.1. The first-order valence-corrected chi connectivity index (χ1v) is 13.4. The average molecular weight is 541 g/mol. The molecule has 0 atom stereocenters. The molecule has 39 heavy (non-hydrogen) atoms. The van der Waals surface area contributed by atoms with Gasteiger partial charge < -0.3 is 24.0 Å². The minimum Gasteiger partial charge on any atom is -0.496 e. The van der Waals surface area contributed by atoms with Crippen LogP contribution in [0.15, 0.2) is 24.4 Å². The Labute approximate surface area is 233 Å². The molecule has 0 saturated carbocycles. The highest BCUT2D eigenvalue weighted by atomic mass is 16.6. The molecule has 1 aliphatic rings. The van der Waals surface area contributed by atoms with Crippen molar-refractivity contribution >= 4 is 23.6 Å². The SMILES string of the molecule is COc1c(C)cnc(CN(C(=O)OC(C)(C)C)c2cc(C)cc(N3CCN(C(=O)OC(C)(C)C)CC3)c2)c1C. The molecule has 9 nitrogen and oxygen atoms in total. The Morgan fingerprint density at radius 2 is 1.54 bits per heavy atom. The predicted octanol–water partition coefficient (Wildman–Crippen LogP) is 6.01. The van der Waals surface area contributed by atoms with Gasteiger partial charge in [0.15, 0.2) is 0 Å². The number of carbonyl (C=O) groups is 2. The molecule has 1 aliphatic heterocycles. The van der Waals surface area contributed by atoms with Crippen LogP contribution in [0.4, 0.5) is 21.0 Å². The molecule has 0 radical (unpaired) electrons. The van der Waals surface area contributed by atoms with E-state index in [1.165, 1.54) is 0 Å². The fourth-order valence-corrected chi connectivity index (χ4v) is 4.51. The summed E-state index contributed by atoms with van der Waals surface area (Å²) < 4.78 is 16.9. The minimum atomic E-state index is -0.659. The molecular weight excluding hydrogens is 496 g/mol. The summed E-state index contributed by atoms with van der Waals surface area (Å²) in [4.78, 5) is 36.2. The van der Waals surface area contributed by atoms with Crippen molar-refractivity contribution < 1.29 is 23.8 Å². The molecule has 0 spiro atoms. The van der Waals surface area contributed by atoms with Crippen LogP contribution in [0.3, 0.4) is 0 Å². The molecule has 0 unspecified atom stereocenters. The van der Waals surface area contributed by atoms with Crippen LogP contribution in [-0.4, -0.2) is 66.6 Å². The number of hydrogen-bond donors (Lipinski definition) is 0. The standard InChI is InChI=1S/C30H44N4O5/c1-20-15-23(32-11-13-33(14-12-32)27(35)38-29(4,5)6)17-24(16-20)34(28(36)39-30(7,8)9)19-25-22(3)26(37-10)21(2)18-31-25/h15-18H,11-14,19H2,1-10H3. The van der Waals surface area contributed by atoms with Crippen LogP contribution in [0.25, 0.3) is 0 Å². The Hall–Kier alpha value is -3.49. The summed E-state index contributed by atoms with van der Waals surface area (Å²) in [6, 6.07) is 6.07. The number of nitrogens with zero attached hydrogens (tertiary/aromatic N) is 4. The molecule has 0 aliphatic carbocycles. The fourth-order valence-electron chi connectivity index (χ4n) is 4.51. The van der Waals surface area contributed by atoms with Crippen molar-refractivity contribution in [1.29, 1.82) is 0 Å². The molecular formula is C30H44N4O5. The number of hydrogen-bond acceptors (Lipinski definition) is 7. The zero-order valence-electron chi connectivity index (χ0n) is 25.2. The minimum absolute atomic E-state index is 0.229. The monoisotopic (exact) mass is 540 g/mol. The molecule has 9 heteroatoms. The molecule has 1 fully saturated rings. The molecule has 2 aromatic rings. The van der Waals surface area contributed by atoms with Crippen LogP contribution >= 0.6 is 0 Å². The number of ether oxygens (including phenoxy) is 3. The van der Waals surface area contributed by atoms with Gasteiger partial charge in [-0.3, -0.25) is 9.88 Å². The van der Waals surface area contributed by atoms with Crippen LogP contribution in [0.5, 0.6) is 5.75 Å². The van der Waals surface area contributed by atoms with Gasteiger partial charge in [0.25, 0.3) is 0 Å². The van der Waals surface area contributed by atoms with E-state index in [2.05, 4.69) is 16.0 Å². The molecule has 2 heterocycles. The molecule has 1 aromatic heterocycles. The van der Waals surface area contributed by atoms with Crippen LogP contribution in [0.1, 0.15) is 63.9 Å². The number of piperazine rings is 1. The second-order valence-electron chi connectivity index (χ2n) is 12.1. The van der Waals surface area contributed by atoms with Crippen molar-refractivity contribution in [2.24, 2.45) is 0 Å². The Bertz CT molecular complexity index is 1190. The van der Waals surface area contributed by atoms with Gasteiger partial charge in [-0.1, -0.05) is 0 Å². The lowest BCUT2D eigenvalue weighted by molar-refractivity contribution is 0.0240. The summed E-state index contributed by atoms with van der Waals surface area (Å²) in [5.74, 6) is 0.761. The van der Waals surface area contributed by atoms with Crippen molar-refractivity contribution in [3.63, 3.8) is 0 Å². The number of pyridine rings is 1. The highest BCUT2D eigenvalue weighted by Gasteiger charge is 2.28. The maximum absolute atomic E-state index is 13.5. The molecule has 1 saturated heterocycles. The van der Waals surface area contributed by atoms with E-state index in [1.54, 1.807) is 23.1 Å². The first kappa shape index (κ1) is 30.1. The number of amides is 2. The lowest BCUT2D eigenvalue weighted by Gasteiger charge is -2.37. The zero-order chi connectivity index (χ0) is 29.1. The van der Waals surface area contributed by atoms with Gasteiger partial charge in [-0.2, -0.15) is 0 Å². The first-order chi connectivity index (χ1) is 18.1. The van der Waals surface area contributed by atoms with Crippen molar-refractivity contribution in [2.75, 3.05) is 43.1 Å². The number of aryl methyl sites for hydroxylation is 2. The van der Waals surface area contributed by atoms with Crippen LogP contribution < -0.4 is 14.5 Å². The van der Waals surface area contributed by atoms with Crippen LogP contribution in [0, 0.1) is 20.8 Å². The molecule has 214 valence electrons. The maximum Gasteiger partial charge on any atom is 0.415 e. The quantitative estimate of drug-likeness (QED) is 0.459. The number of rotatable bonds is 5. The van der Waals surface area contributed by atoms with Gasteiger partial charge in [0.05, 0.1) is 19.3 Å². The molecule has 2 amide bonds. The summed E-state index contributed by atoms with van der Waals surface area (Å²) in [5, 5.41) is 0. The second kappa shape index (κ2) is 11.7. The summed E-state index contributed by atoms with van der Waals surface area (Å²) in [6.07, 6.45) is 1.02. The largest absolute Gasteiger partial charge is 0.496 e. The Morgan fingerprint density at radius 3 is 2.10 bits per heavy atom. The number of carbonyl (C=O) groups excluding carboxylic acids is 2.